The summed E-state index contributed by atoms with van der Waals surface area (Å²) in [7, 11) is 1.84. The van der Waals surface area contributed by atoms with E-state index in [1.54, 1.807) is 29.3 Å². The van der Waals surface area contributed by atoms with Gasteiger partial charge in [-0.3, -0.25) is 14.5 Å². The maximum atomic E-state index is 12.6. The smallest absolute Gasteiger partial charge is 0.257 e. The molecule has 1 amide bonds. The molecule has 3 heterocycles. The number of anilines is 1. The summed E-state index contributed by atoms with van der Waals surface area (Å²) >= 11 is 0. The van der Waals surface area contributed by atoms with Crippen molar-refractivity contribution in [3.63, 3.8) is 0 Å². The molecule has 0 saturated carbocycles. The van der Waals surface area contributed by atoms with Gasteiger partial charge in [0.1, 0.15) is 6.26 Å². The van der Waals surface area contributed by atoms with E-state index in [9.17, 15) is 4.79 Å². The van der Waals surface area contributed by atoms with Crippen LogP contribution < -0.4 is 5.32 Å². The van der Waals surface area contributed by atoms with Gasteiger partial charge in [0.15, 0.2) is 0 Å². The average molecular weight is 345 g/mol. The highest BCUT2D eigenvalue weighted by Crippen LogP contribution is 2.22. The molecule has 0 aliphatic heterocycles. The first-order valence-corrected chi connectivity index (χ1v) is 7.94. The Balaban J connectivity index is 1.56. The van der Waals surface area contributed by atoms with Gasteiger partial charge in [-0.25, -0.2) is 4.98 Å². The summed E-state index contributed by atoms with van der Waals surface area (Å²) < 4.78 is 6.99. The molecule has 0 saturated heterocycles. The Morgan fingerprint density at radius 1 is 1.12 bits per heavy atom. The number of nitrogens with one attached hydrogen (secondary N) is 1. The van der Waals surface area contributed by atoms with Gasteiger partial charge in [0.05, 0.1) is 18.0 Å². The molecular formula is C19H15N5O2. The highest BCUT2D eigenvalue weighted by atomic mass is 16.3. The Labute approximate surface area is 149 Å². The van der Waals surface area contributed by atoms with Crippen molar-refractivity contribution < 1.29 is 9.21 Å². The van der Waals surface area contributed by atoms with Gasteiger partial charge in [-0.1, -0.05) is 6.07 Å². The summed E-state index contributed by atoms with van der Waals surface area (Å²) in [6.45, 7) is 0. The van der Waals surface area contributed by atoms with Gasteiger partial charge in [-0.15, -0.1) is 0 Å². The van der Waals surface area contributed by atoms with Crippen LogP contribution in [0.3, 0.4) is 0 Å². The van der Waals surface area contributed by atoms with E-state index < -0.39 is 0 Å². The molecule has 1 N–H and O–H groups in total. The quantitative estimate of drug-likeness (QED) is 0.613. The largest absolute Gasteiger partial charge is 0.445 e. The third-order valence-electron chi connectivity index (χ3n) is 3.84. The van der Waals surface area contributed by atoms with Crippen LogP contribution in [-0.2, 0) is 7.05 Å². The van der Waals surface area contributed by atoms with Crippen molar-refractivity contribution in [2.75, 3.05) is 5.32 Å². The minimum absolute atomic E-state index is 0.243. The van der Waals surface area contributed by atoms with Gasteiger partial charge in [0.25, 0.3) is 5.91 Å². The predicted octanol–water partition coefficient (Wildman–Crippen LogP) is 3.39. The number of hydrogen-bond acceptors (Lipinski definition) is 5. The number of benzene rings is 1. The van der Waals surface area contributed by atoms with Gasteiger partial charge in [0.2, 0.25) is 5.89 Å². The second-order valence-corrected chi connectivity index (χ2v) is 5.74. The SMILES string of the molecule is Cn1cc(-c2cncc(C(=O)Nc3cccc(-c4ncco4)c3)c2)cn1. The van der Waals surface area contributed by atoms with Crippen LogP contribution in [0.5, 0.6) is 0 Å². The molecule has 0 atom stereocenters. The predicted molar refractivity (Wildman–Crippen MR) is 96.3 cm³/mol. The van der Waals surface area contributed by atoms with Gasteiger partial charge in [0, 0.05) is 48.0 Å². The molecule has 1 aromatic carbocycles. The zero-order valence-corrected chi connectivity index (χ0v) is 14.0. The molecule has 0 radical (unpaired) electrons. The summed E-state index contributed by atoms with van der Waals surface area (Å²) in [5.41, 5.74) is 3.64. The van der Waals surface area contributed by atoms with Crippen LogP contribution in [0.25, 0.3) is 22.6 Å². The minimum Gasteiger partial charge on any atom is -0.445 e. The molecule has 4 aromatic rings. The lowest BCUT2D eigenvalue weighted by atomic mass is 10.1. The Morgan fingerprint density at radius 2 is 2.04 bits per heavy atom. The number of carbonyl (C=O) groups excluding carboxylic acids is 1. The number of aryl methyl sites for hydroxylation is 1. The van der Waals surface area contributed by atoms with Crippen LogP contribution in [0, 0.1) is 0 Å². The third-order valence-corrected chi connectivity index (χ3v) is 3.84. The Bertz CT molecular complexity index is 1050. The zero-order valence-electron chi connectivity index (χ0n) is 14.0. The normalized spacial score (nSPS) is 10.7. The highest BCUT2D eigenvalue weighted by molar-refractivity contribution is 6.04. The fourth-order valence-corrected chi connectivity index (χ4v) is 2.59. The molecule has 0 aliphatic rings. The van der Waals surface area contributed by atoms with E-state index >= 15 is 0 Å². The van der Waals surface area contributed by atoms with Crippen molar-refractivity contribution in [2.45, 2.75) is 0 Å². The molecule has 0 fully saturated rings. The summed E-state index contributed by atoms with van der Waals surface area (Å²) in [6, 6.07) is 9.10. The number of carbonyl (C=O) groups is 1. The summed E-state index contributed by atoms with van der Waals surface area (Å²) in [4.78, 5) is 20.9. The second kappa shape index (κ2) is 6.64. The van der Waals surface area contributed by atoms with Crippen molar-refractivity contribution in [1.29, 1.82) is 0 Å². The van der Waals surface area contributed by atoms with Crippen LogP contribution in [0.4, 0.5) is 5.69 Å². The molecule has 0 spiro atoms. The summed E-state index contributed by atoms with van der Waals surface area (Å²) in [6.07, 6.45) is 9.94. The van der Waals surface area contributed by atoms with Crippen LogP contribution >= 0.6 is 0 Å². The van der Waals surface area contributed by atoms with Gasteiger partial charge in [-0.2, -0.15) is 5.10 Å². The Kier molecular flexibility index (Phi) is 4.03. The third kappa shape index (κ3) is 3.23. The monoisotopic (exact) mass is 345 g/mol. The van der Waals surface area contributed by atoms with Crippen molar-refractivity contribution in [3.05, 3.63) is 73.1 Å². The van der Waals surface area contributed by atoms with Crippen LogP contribution in [0.2, 0.25) is 0 Å². The number of pyridine rings is 1. The van der Waals surface area contributed by atoms with E-state index in [2.05, 4.69) is 20.4 Å². The Hall–Kier alpha value is -3.74. The van der Waals surface area contributed by atoms with E-state index in [4.69, 9.17) is 4.42 Å². The molecule has 3 aromatic heterocycles. The molecule has 0 aliphatic carbocycles. The molecule has 7 heteroatoms. The Morgan fingerprint density at radius 3 is 2.81 bits per heavy atom. The van der Waals surface area contributed by atoms with Crippen molar-refractivity contribution in [2.24, 2.45) is 7.05 Å². The number of amides is 1. The molecule has 7 nitrogen and oxygen atoms in total. The molecular weight excluding hydrogens is 330 g/mol. The highest BCUT2D eigenvalue weighted by Gasteiger charge is 2.11. The van der Waals surface area contributed by atoms with E-state index in [1.165, 1.54) is 12.5 Å². The first-order valence-electron chi connectivity index (χ1n) is 7.94. The fourth-order valence-electron chi connectivity index (χ4n) is 2.59. The first-order chi connectivity index (χ1) is 12.7. The van der Waals surface area contributed by atoms with E-state index in [0.29, 0.717) is 17.1 Å². The zero-order chi connectivity index (χ0) is 17.9. The van der Waals surface area contributed by atoms with Gasteiger partial charge >= 0.3 is 0 Å². The number of hydrogen-bond donors (Lipinski definition) is 1. The van der Waals surface area contributed by atoms with Crippen molar-refractivity contribution in [1.82, 2.24) is 19.7 Å². The first kappa shape index (κ1) is 15.8. The molecule has 26 heavy (non-hydrogen) atoms. The molecule has 128 valence electrons. The number of oxazole rings is 1. The minimum atomic E-state index is -0.243. The van der Waals surface area contributed by atoms with E-state index in [-0.39, 0.29) is 5.91 Å². The maximum absolute atomic E-state index is 12.6. The lowest BCUT2D eigenvalue weighted by molar-refractivity contribution is 0.102. The summed E-state index contributed by atoms with van der Waals surface area (Å²) in [5.74, 6) is 0.258. The lowest BCUT2D eigenvalue weighted by Gasteiger charge is -2.07. The summed E-state index contributed by atoms with van der Waals surface area (Å²) in [5, 5.41) is 7.02. The van der Waals surface area contributed by atoms with Crippen LogP contribution in [0.15, 0.2) is 72.0 Å². The second-order valence-electron chi connectivity index (χ2n) is 5.74. The van der Waals surface area contributed by atoms with Crippen molar-refractivity contribution in [3.8, 4) is 22.6 Å². The standard InChI is InChI=1S/C19H15N5O2/c1-24-12-16(11-22-24)14-7-15(10-20-9-14)18(25)23-17-4-2-3-13(8-17)19-21-5-6-26-19/h2-12H,1H3,(H,23,25). The average Bonchev–Trinajstić information content (AvgIpc) is 3.34. The van der Waals surface area contributed by atoms with Crippen LogP contribution in [-0.4, -0.2) is 25.7 Å². The number of rotatable bonds is 4. The number of aromatic nitrogens is 4. The van der Waals surface area contributed by atoms with E-state index in [0.717, 1.165) is 16.7 Å². The van der Waals surface area contributed by atoms with Gasteiger partial charge in [-0.05, 0) is 24.3 Å². The molecule has 4 rings (SSSR count). The maximum Gasteiger partial charge on any atom is 0.257 e. The molecule has 0 unspecified atom stereocenters. The van der Waals surface area contributed by atoms with Crippen LogP contribution in [0.1, 0.15) is 10.4 Å². The van der Waals surface area contributed by atoms with Crippen molar-refractivity contribution >= 4 is 11.6 Å². The number of nitrogens with zero attached hydrogens (tertiary/aromatic N) is 4. The topological polar surface area (TPSA) is 85.8 Å². The van der Waals surface area contributed by atoms with Gasteiger partial charge < -0.3 is 9.73 Å². The lowest BCUT2D eigenvalue weighted by Crippen LogP contribution is -2.12. The fraction of sp³-hybridized carbons (Fsp3) is 0.0526. The molecule has 0 bridgehead atoms. The van der Waals surface area contributed by atoms with E-state index in [1.807, 2.05) is 37.5 Å².